The fourth-order valence-electron chi connectivity index (χ4n) is 4.62. The zero-order valence-electron chi connectivity index (χ0n) is 19.9. The molecule has 1 fully saturated rings. The van der Waals surface area contributed by atoms with Gasteiger partial charge in [-0.05, 0) is 51.1 Å². The van der Waals surface area contributed by atoms with Gasteiger partial charge in [0.05, 0.1) is 27.6 Å². The van der Waals surface area contributed by atoms with E-state index in [1.807, 2.05) is 26.1 Å². The summed E-state index contributed by atoms with van der Waals surface area (Å²) in [5.74, 6) is 1.26. The summed E-state index contributed by atoms with van der Waals surface area (Å²) in [5, 5.41) is 9.50. The van der Waals surface area contributed by atoms with Gasteiger partial charge in [-0.3, -0.25) is 0 Å². The Labute approximate surface area is 212 Å². The zero-order valence-corrected chi connectivity index (χ0v) is 20.7. The summed E-state index contributed by atoms with van der Waals surface area (Å²) in [6, 6.07) is 7.93. The van der Waals surface area contributed by atoms with Crippen LogP contribution in [0.4, 0.5) is 36.3 Å². The van der Waals surface area contributed by atoms with Crippen LogP contribution in [0.15, 0.2) is 36.5 Å². The monoisotopic (exact) mass is 513 g/mol. The molecule has 36 heavy (non-hydrogen) atoms. The standard InChI is InChI=1S/C25H26F3N7S/c1-14-19(7-8-21(31-14)35-9-3-4-17(13-35)29-2)33-24-30-12-15-10-22(36)32-20-11-16(25(26,27)28)5-6-18(20)23(15)34-24/h5-8,11-12,17,29H,3-4,9-10,13H2,1-2H3,(H,32,36)(H,30,33,34). The molecule has 0 amide bonds. The molecule has 1 aromatic carbocycles. The third-order valence-corrected chi connectivity index (χ3v) is 6.81. The van der Waals surface area contributed by atoms with Crippen LogP contribution in [0.3, 0.4) is 0 Å². The van der Waals surface area contributed by atoms with Crippen LogP contribution in [0.1, 0.15) is 29.7 Å². The molecule has 0 bridgehead atoms. The van der Waals surface area contributed by atoms with Crippen LogP contribution in [-0.4, -0.2) is 46.1 Å². The van der Waals surface area contributed by atoms with Crippen LogP contribution in [-0.2, 0) is 12.6 Å². The molecule has 2 aromatic heterocycles. The second kappa shape index (κ2) is 9.62. The Bertz CT molecular complexity index is 1310. The van der Waals surface area contributed by atoms with Crippen molar-refractivity contribution in [1.82, 2.24) is 20.3 Å². The van der Waals surface area contributed by atoms with Gasteiger partial charge in [0.2, 0.25) is 5.95 Å². The number of hydrogen-bond acceptors (Lipinski definition) is 7. The topological polar surface area (TPSA) is 78.0 Å². The molecule has 1 atom stereocenters. The molecule has 11 heteroatoms. The number of pyridine rings is 1. The number of nitrogens with one attached hydrogen (secondary N) is 3. The second-order valence-electron chi connectivity index (χ2n) is 9.05. The number of nitrogens with zero attached hydrogens (tertiary/aromatic N) is 4. The number of alkyl halides is 3. The number of thiocarbonyl (C=S) groups is 1. The first-order valence-corrected chi connectivity index (χ1v) is 12.2. The van der Waals surface area contributed by atoms with Gasteiger partial charge in [-0.15, -0.1) is 0 Å². The minimum absolute atomic E-state index is 0.279. The molecule has 0 aliphatic carbocycles. The van der Waals surface area contributed by atoms with E-state index >= 15 is 0 Å². The number of likely N-dealkylation sites (N-methyl/N-ethyl adjacent to an activating group) is 1. The Kier molecular flexibility index (Phi) is 6.52. The van der Waals surface area contributed by atoms with E-state index in [9.17, 15) is 13.2 Å². The largest absolute Gasteiger partial charge is 0.416 e. The van der Waals surface area contributed by atoms with E-state index in [4.69, 9.17) is 17.2 Å². The molecule has 7 nitrogen and oxygen atoms in total. The minimum atomic E-state index is -4.45. The van der Waals surface area contributed by atoms with E-state index in [2.05, 4.69) is 30.8 Å². The maximum Gasteiger partial charge on any atom is 0.416 e. The minimum Gasteiger partial charge on any atom is -0.355 e. The highest BCUT2D eigenvalue weighted by Gasteiger charge is 2.32. The number of halogens is 3. The molecular weight excluding hydrogens is 487 g/mol. The molecule has 4 heterocycles. The first-order valence-electron chi connectivity index (χ1n) is 11.8. The molecule has 0 spiro atoms. The van der Waals surface area contributed by atoms with Crippen LogP contribution in [0.25, 0.3) is 11.3 Å². The van der Waals surface area contributed by atoms with Crippen molar-refractivity contribution in [3.63, 3.8) is 0 Å². The molecule has 1 saturated heterocycles. The molecule has 2 aliphatic rings. The molecule has 3 N–H and O–H groups in total. The summed E-state index contributed by atoms with van der Waals surface area (Å²) in [6.07, 6.45) is -0.194. The number of aromatic nitrogens is 3. The Balaban J connectivity index is 1.43. The van der Waals surface area contributed by atoms with Crippen molar-refractivity contribution < 1.29 is 13.2 Å². The Hall–Kier alpha value is -3.31. The first kappa shape index (κ1) is 24.4. The molecule has 0 radical (unpaired) electrons. The number of anilines is 4. The highest BCUT2D eigenvalue weighted by molar-refractivity contribution is 7.80. The first-order chi connectivity index (χ1) is 17.2. The quantitative estimate of drug-likeness (QED) is 0.417. The third-order valence-electron chi connectivity index (χ3n) is 6.56. The lowest BCUT2D eigenvalue weighted by molar-refractivity contribution is -0.137. The lowest BCUT2D eigenvalue weighted by Gasteiger charge is -2.33. The Morgan fingerprint density at radius 3 is 2.75 bits per heavy atom. The predicted molar refractivity (Wildman–Crippen MR) is 139 cm³/mol. The lowest BCUT2D eigenvalue weighted by atomic mass is 10.0. The smallest absolute Gasteiger partial charge is 0.355 e. The summed E-state index contributed by atoms with van der Waals surface area (Å²) in [7, 11) is 1.98. The molecule has 188 valence electrons. The molecule has 0 saturated carbocycles. The van der Waals surface area contributed by atoms with Gasteiger partial charge in [0, 0.05) is 48.6 Å². The summed E-state index contributed by atoms with van der Waals surface area (Å²) in [5.41, 5.74) is 2.91. The lowest BCUT2D eigenvalue weighted by Crippen LogP contribution is -2.44. The van der Waals surface area contributed by atoms with Crippen molar-refractivity contribution in [2.75, 3.05) is 35.7 Å². The molecule has 2 aliphatic heterocycles. The predicted octanol–water partition coefficient (Wildman–Crippen LogP) is 5.09. The van der Waals surface area contributed by atoms with Gasteiger partial charge < -0.3 is 20.9 Å². The Morgan fingerprint density at radius 2 is 2.00 bits per heavy atom. The van der Waals surface area contributed by atoms with Gasteiger partial charge in [-0.25, -0.2) is 15.0 Å². The van der Waals surface area contributed by atoms with E-state index in [1.54, 1.807) is 6.20 Å². The van der Waals surface area contributed by atoms with E-state index < -0.39 is 11.7 Å². The van der Waals surface area contributed by atoms with Crippen LogP contribution in [0.5, 0.6) is 0 Å². The molecular formula is C25H26F3N7S. The van der Waals surface area contributed by atoms with Crippen molar-refractivity contribution in [2.24, 2.45) is 0 Å². The van der Waals surface area contributed by atoms with Crippen molar-refractivity contribution in [3.8, 4) is 11.3 Å². The van der Waals surface area contributed by atoms with Crippen LogP contribution >= 0.6 is 12.2 Å². The van der Waals surface area contributed by atoms with Crippen molar-refractivity contribution >= 4 is 40.3 Å². The second-order valence-corrected chi connectivity index (χ2v) is 9.54. The summed E-state index contributed by atoms with van der Waals surface area (Å²) in [6.45, 7) is 3.80. The van der Waals surface area contributed by atoms with E-state index in [0.29, 0.717) is 34.7 Å². The SMILES string of the molecule is CNC1CCCN(c2ccc(Nc3ncc4c(n3)-c3ccc(C(F)(F)F)cc3NC(=S)C4)c(C)n2)C1. The van der Waals surface area contributed by atoms with Gasteiger partial charge in [0.15, 0.2) is 0 Å². The molecule has 5 rings (SSSR count). The maximum absolute atomic E-state index is 13.3. The van der Waals surface area contributed by atoms with E-state index in [1.165, 1.54) is 6.07 Å². The highest BCUT2D eigenvalue weighted by atomic mass is 32.1. The van der Waals surface area contributed by atoms with Gasteiger partial charge in [0.25, 0.3) is 0 Å². The van der Waals surface area contributed by atoms with Crippen molar-refractivity contribution in [3.05, 3.63) is 53.3 Å². The number of hydrogen-bond donors (Lipinski definition) is 3. The number of aryl methyl sites for hydroxylation is 1. The van der Waals surface area contributed by atoms with E-state index in [0.717, 1.165) is 60.8 Å². The average molecular weight is 514 g/mol. The van der Waals surface area contributed by atoms with Gasteiger partial charge >= 0.3 is 6.18 Å². The highest BCUT2D eigenvalue weighted by Crippen LogP contribution is 2.38. The van der Waals surface area contributed by atoms with E-state index in [-0.39, 0.29) is 5.69 Å². The van der Waals surface area contributed by atoms with Gasteiger partial charge in [0.1, 0.15) is 5.82 Å². The fraction of sp³-hybridized carbons (Fsp3) is 0.360. The number of rotatable bonds is 4. The fourth-order valence-corrected chi connectivity index (χ4v) is 4.89. The summed E-state index contributed by atoms with van der Waals surface area (Å²) in [4.78, 5) is 16.6. The average Bonchev–Trinajstić information content (AvgIpc) is 2.99. The number of piperidine rings is 1. The van der Waals surface area contributed by atoms with Crippen LogP contribution in [0.2, 0.25) is 0 Å². The normalized spacial score (nSPS) is 17.6. The molecule has 1 unspecified atom stereocenters. The van der Waals surface area contributed by atoms with Crippen molar-refractivity contribution in [1.29, 1.82) is 0 Å². The zero-order chi connectivity index (χ0) is 25.4. The Morgan fingerprint density at radius 1 is 1.17 bits per heavy atom. The third kappa shape index (κ3) is 4.98. The summed E-state index contributed by atoms with van der Waals surface area (Å²) < 4.78 is 39.8. The number of fused-ring (bicyclic) bond motifs is 3. The summed E-state index contributed by atoms with van der Waals surface area (Å²) >= 11 is 5.34. The van der Waals surface area contributed by atoms with Gasteiger partial charge in [-0.1, -0.05) is 18.3 Å². The van der Waals surface area contributed by atoms with Crippen molar-refractivity contribution in [2.45, 2.75) is 38.4 Å². The van der Waals surface area contributed by atoms with Crippen LogP contribution in [0, 0.1) is 6.92 Å². The number of benzene rings is 1. The van der Waals surface area contributed by atoms with Crippen LogP contribution < -0.4 is 20.9 Å². The van der Waals surface area contributed by atoms with Gasteiger partial charge in [-0.2, -0.15) is 13.2 Å². The molecule has 3 aromatic rings. The maximum atomic E-state index is 13.3.